The Labute approximate surface area is 157 Å². The predicted octanol–water partition coefficient (Wildman–Crippen LogP) is 7.23. The third-order valence-electron chi connectivity index (χ3n) is 5.49. The van der Waals surface area contributed by atoms with E-state index in [-0.39, 0.29) is 0 Å². The van der Waals surface area contributed by atoms with Crippen LogP contribution in [0.3, 0.4) is 0 Å². The number of benzene rings is 3. The molecule has 3 aromatic rings. The van der Waals surface area contributed by atoms with Crippen molar-refractivity contribution in [2.75, 3.05) is 0 Å². The molecule has 0 saturated heterocycles. The summed E-state index contributed by atoms with van der Waals surface area (Å²) in [5.41, 5.74) is 6.96. The van der Waals surface area contributed by atoms with Crippen molar-refractivity contribution in [1.29, 1.82) is 0 Å². The Morgan fingerprint density at radius 3 is 1.38 bits per heavy atom. The molecule has 0 radical (unpaired) electrons. The highest BCUT2D eigenvalue weighted by molar-refractivity contribution is 5.99. The van der Waals surface area contributed by atoms with Gasteiger partial charge in [0, 0.05) is 0 Å². The molecule has 0 nitrogen and oxygen atoms in total. The predicted molar refractivity (Wildman–Crippen MR) is 112 cm³/mol. The van der Waals surface area contributed by atoms with Crippen molar-refractivity contribution >= 4 is 11.1 Å². The molecule has 0 atom stereocenters. The van der Waals surface area contributed by atoms with Crippen LogP contribution in [0.2, 0.25) is 0 Å². The smallest absolute Gasteiger partial charge is 0.00705 e. The topological polar surface area (TPSA) is 0 Å². The fourth-order valence-corrected chi connectivity index (χ4v) is 4.28. The van der Waals surface area contributed by atoms with Gasteiger partial charge in [0.1, 0.15) is 0 Å². The van der Waals surface area contributed by atoms with Crippen molar-refractivity contribution in [2.45, 2.75) is 32.1 Å². The molecular weight excluding hydrogens is 312 g/mol. The first-order chi connectivity index (χ1) is 12.9. The minimum absolute atomic E-state index is 0.640. The van der Waals surface area contributed by atoms with Gasteiger partial charge in [-0.15, -0.1) is 0 Å². The van der Waals surface area contributed by atoms with E-state index < -0.39 is 0 Å². The molecule has 0 amide bonds. The summed E-state index contributed by atoms with van der Waals surface area (Å²) in [4.78, 5) is 0. The second kappa shape index (κ2) is 8.19. The van der Waals surface area contributed by atoms with Crippen LogP contribution < -0.4 is 0 Å². The van der Waals surface area contributed by atoms with E-state index in [9.17, 15) is 0 Å². The lowest BCUT2D eigenvalue weighted by Gasteiger charge is -2.28. The second-order valence-corrected chi connectivity index (χ2v) is 7.22. The van der Waals surface area contributed by atoms with Gasteiger partial charge in [-0.3, -0.25) is 0 Å². The molecule has 0 aliphatic heterocycles. The van der Waals surface area contributed by atoms with Crippen molar-refractivity contribution < 1.29 is 0 Å². The van der Waals surface area contributed by atoms with Crippen molar-refractivity contribution in [3.8, 4) is 0 Å². The molecule has 3 aromatic carbocycles. The molecule has 0 heteroatoms. The first-order valence-electron chi connectivity index (χ1n) is 9.84. The molecular formula is C26H26. The van der Waals surface area contributed by atoms with Gasteiger partial charge in [-0.05, 0) is 46.6 Å². The van der Waals surface area contributed by atoms with Gasteiger partial charge in [0.05, 0.1) is 0 Å². The SMILES string of the molecule is c1ccc(C(=C(c2ccccc2)C2CCCCC2)c2ccccc2)cc1. The quantitative estimate of drug-likeness (QED) is 0.440. The maximum atomic E-state index is 2.29. The average molecular weight is 338 g/mol. The van der Waals surface area contributed by atoms with E-state index in [2.05, 4.69) is 91.0 Å². The third-order valence-corrected chi connectivity index (χ3v) is 5.49. The molecule has 0 N–H and O–H groups in total. The van der Waals surface area contributed by atoms with Crippen molar-refractivity contribution in [2.24, 2.45) is 5.92 Å². The van der Waals surface area contributed by atoms with Gasteiger partial charge in [0.2, 0.25) is 0 Å². The third kappa shape index (κ3) is 3.65. The lowest BCUT2D eigenvalue weighted by atomic mass is 9.76. The minimum atomic E-state index is 0.640. The Morgan fingerprint density at radius 2 is 0.923 bits per heavy atom. The van der Waals surface area contributed by atoms with Gasteiger partial charge >= 0.3 is 0 Å². The highest BCUT2D eigenvalue weighted by atomic mass is 14.3. The Bertz CT molecular complexity index is 797. The van der Waals surface area contributed by atoms with Crippen LogP contribution in [0.25, 0.3) is 11.1 Å². The van der Waals surface area contributed by atoms with E-state index >= 15 is 0 Å². The van der Waals surface area contributed by atoms with Crippen LogP contribution >= 0.6 is 0 Å². The van der Waals surface area contributed by atoms with Crippen LogP contribution in [0.15, 0.2) is 91.0 Å². The van der Waals surface area contributed by atoms with Crippen LogP contribution in [-0.4, -0.2) is 0 Å². The molecule has 0 heterocycles. The molecule has 0 aromatic heterocycles. The maximum Gasteiger partial charge on any atom is -0.00705 e. The molecule has 1 saturated carbocycles. The van der Waals surface area contributed by atoms with E-state index in [0.717, 1.165) is 0 Å². The van der Waals surface area contributed by atoms with Gasteiger partial charge < -0.3 is 0 Å². The second-order valence-electron chi connectivity index (χ2n) is 7.22. The zero-order valence-electron chi connectivity index (χ0n) is 15.3. The first-order valence-corrected chi connectivity index (χ1v) is 9.84. The van der Waals surface area contributed by atoms with Crippen molar-refractivity contribution in [1.82, 2.24) is 0 Å². The Kier molecular flexibility index (Phi) is 5.30. The Morgan fingerprint density at radius 1 is 0.500 bits per heavy atom. The van der Waals surface area contributed by atoms with E-state index in [1.165, 1.54) is 59.9 Å². The van der Waals surface area contributed by atoms with Gasteiger partial charge in [0.25, 0.3) is 0 Å². The average Bonchev–Trinajstić information content (AvgIpc) is 2.74. The summed E-state index contributed by atoms with van der Waals surface area (Å²) < 4.78 is 0. The summed E-state index contributed by atoms with van der Waals surface area (Å²) in [6, 6.07) is 32.9. The van der Waals surface area contributed by atoms with Crippen LogP contribution in [0.5, 0.6) is 0 Å². The summed E-state index contributed by atoms with van der Waals surface area (Å²) in [6.07, 6.45) is 6.67. The molecule has 130 valence electrons. The van der Waals surface area contributed by atoms with Crippen LogP contribution in [-0.2, 0) is 0 Å². The molecule has 0 unspecified atom stereocenters. The monoisotopic (exact) mass is 338 g/mol. The first kappa shape index (κ1) is 16.8. The number of allylic oxidation sites excluding steroid dienone is 1. The summed E-state index contributed by atoms with van der Waals surface area (Å²) in [5, 5.41) is 0. The minimum Gasteiger partial charge on any atom is -0.0622 e. The normalized spacial score (nSPS) is 14.8. The van der Waals surface area contributed by atoms with Gasteiger partial charge in [-0.25, -0.2) is 0 Å². The number of hydrogen-bond acceptors (Lipinski definition) is 0. The largest absolute Gasteiger partial charge is 0.0622 e. The maximum absolute atomic E-state index is 2.29. The van der Waals surface area contributed by atoms with Crippen LogP contribution in [0, 0.1) is 5.92 Å². The van der Waals surface area contributed by atoms with E-state index in [0.29, 0.717) is 5.92 Å². The van der Waals surface area contributed by atoms with Crippen LogP contribution in [0.1, 0.15) is 48.8 Å². The van der Waals surface area contributed by atoms with E-state index in [1.54, 1.807) is 0 Å². The van der Waals surface area contributed by atoms with E-state index in [1.807, 2.05) is 0 Å². The molecule has 0 bridgehead atoms. The number of rotatable bonds is 4. The van der Waals surface area contributed by atoms with Gasteiger partial charge in [-0.2, -0.15) is 0 Å². The lowest BCUT2D eigenvalue weighted by molar-refractivity contribution is 0.430. The number of hydrogen-bond donors (Lipinski definition) is 0. The molecule has 1 fully saturated rings. The highest BCUT2D eigenvalue weighted by Crippen LogP contribution is 2.42. The van der Waals surface area contributed by atoms with Gasteiger partial charge in [0.15, 0.2) is 0 Å². The molecule has 1 aliphatic carbocycles. The fraction of sp³-hybridized carbons (Fsp3) is 0.231. The lowest BCUT2D eigenvalue weighted by Crippen LogP contribution is -2.11. The van der Waals surface area contributed by atoms with Gasteiger partial charge in [-0.1, -0.05) is 110 Å². The summed E-state index contributed by atoms with van der Waals surface area (Å²) in [7, 11) is 0. The Balaban J connectivity index is 1.98. The molecule has 1 aliphatic rings. The zero-order valence-corrected chi connectivity index (χ0v) is 15.3. The van der Waals surface area contributed by atoms with E-state index in [4.69, 9.17) is 0 Å². The molecule has 26 heavy (non-hydrogen) atoms. The highest BCUT2D eigenvalue weighted by Gasteiger charge is 2.23. The molecule has 4 rings (SSSR count). The zero-order chi connectivity index (χ0) is 17.6. The standard InChI is InChI=1S/C26H26/c1-5-13-21(14-6-1)25(22-15-7-2-8-16-22)26(23-17-9-3-10-18-23)24-19-11-4-12-20-24/h1-3,5-10,13-18,24H,4,11-12,19-20H2. The Hall–Kier alpha value is -2.60. The summed E-state index contributed by atoms with van der Waals surface area (Å²) >= 11 is 0. The molecule has 0 spiro atoms. The van der Waals surface area contributed by atoms with Crippen LogP contribution in [0.4, 0.5) is 0 Å². The van der Waals surface area contributed by atoms with Crippen molar-refractivity contribution in [3.05, 3.63) is 108 Å². The summed E-state index contributed by atoms with van der Waals surface area (Å²) in [6.45, 7) is 0. The summed E-state index contributed by atoms with van der Waals surface area (Å²) in [5.74, 6) is 0.640. The fourth-order valence-electron chi connectivity index (χ4n) is 4.28. The van der Waals surface area contributed by atoms with Crippen molar-refractivity contribution in [3.63, 3.8) is 0 Å².